The first-order valence-corrected chi connectivity index (χ1v) is 7.69. The van der Waals surface area contributed by atoms with Crippen LogP contribution in [-0.4, -0.2) is 66.2 Å². The summed E-state index contributed by atoms with van der Waals surface area (Å²) in [6.45, 7) is 7.78. The van der Waals surface area contributed by atoms with Gasteiger partial charge in [-0.15, -0.1) is 0 Å². The van der Waals surface area contributed by atoms with Gasteiger partial charge in [-0.2, -0.15) is 15.0 Å². The van der Waals surface area contributed by atoms with Crippen molar-refractivity contribution in [1.29, 1.82) is 0 Å². The summed E-state index contributed by atoms with van der Waals surface area (Å²) in [5, 5.41) is 2.98. The van der Waals surface area contributed by atoms with Gasteiger partial charge in [0.25, 0.3) is 0 Å². The van der Waals surface area contributed by atoms with Crippen LogP contribution in [0.4, 0.5) is 11.9 Å². The number of piperazine rings is 1. The molecule has 1 saturated heterocycles. The summed E-state index contributed by atoms with van der Waals surface area (Å²) in [5.74, 6) is 1.25. The van der Waals surface area contributed by atoms with E-state index >= 15 is 0 Å². The van der Waals surface area contributed by atoms with Crippen LogP contribution >= 0.6 is 0 Å². The van der Waals surface area contributed by atoms with Gasteiger partial charge in [0, 0.05) is 32.7 Å². The number of anilines is 2. The third-order valence-corrected chi connectivity index (χ3v) is 3.79. The molecule has 1 aromatic rings. The van der Waals surface area contributed by atoms with Crippen molar-refractivity contribution >= 4 is 11.9 Å². The number of hydrogen-bond acceptors (Lipinski definition) is 7. The van der Waals surface area contributed by atoms with E-state index in [1.165, 1.54) is 0 Å². The molecule has 0 amide bonds. The van der Waals surface area contributed by atoms with Crippen molar-refractivity contribution < 1.29 is 4.74 Å². The number of likely N-dealkylation sites (N-methyl/N-ethyl adjacent to an activating group) is 1. The summed E-state index contributed by atoms with van der Waals surface area (Å²) < 4.78 is 5.56. The zero-order valence-corrected chi connectivity index (χ0v) is 13.5. The number of rotatable bonds is 6. The molecule has 0 aromatic carbocycles. The molecule has 0 saturated carbocycles. The van der Waals surface area contributed by atoms with Gasteiger partial charge in [-0.05, 0) is 19.9 Å². The molecule has 0 aliphatic carbocycles. The van der Waals surface area contributed by atoms with Crippen molar-refractivity contribution in [1.82, 2.24) is 19.9 Å². The van der Waals surface area contributed by atoms with Crippen LogP contribution in [0.15, 0.2) is 0 Å². The maximum absolute atomic E-state index is 5.56. The molecule has 2 heterocycles. The van der Waals surface area contributed by atoms with E-state index in [4.69, 9.17) is 4.74 Å². The second-order valence-electron chi connectivity index (χ2n) is 5.33. The lowest BCUT2D eigenvalue weighted by atomic mass is 10.1. The van der Waals surface area contributed by atoms with Gasteiger partial charge in [-0.3, -0.25) is 4.90 Å². The fourth-order valence-corrected chi connectivity index (χ4v) is 2.43. The molecule has 1 unspecified atom stereocenters. The molecule has 21 heavy (non-hydrogen) atoms. The number of aromatic nitrogens is 3. The Labute approximate surface area is 126 Å². The van der Waals surface area contributed by atoms with Gasteiger partial charge in [0.05, 0.1) is 6.61 Å². The minimum absolute atomic E-state index is 0.401. The molecule has 1 fully saturated rings. The van der Waals surface area contributed by atoms with E-state index < -0.39 is 0 Å². The van der Waals surface area contributed by atoms with Gasteiger partial charge in [0.2, 0.25) is 11.9 Å². The van der Waals surface area contributed by atoms with Crippen molar-refractivity contribution in [2.24, 2.45) is 0 Å². The molecule has 7 nitrogen and oxygen atoms in total. The predicted molar refractivity (Wildman–Crippen MR) is 84.1 cm³/mol. The Morgan fingerprint density at radius 1 is 1.24 bits per heavy atom. The Morgan fingerprint density at radius 3 is 2.71 bits per heavy atom. The molecular formula is C14H26N6O. The number of ether oxygens (including phenoxy) is 1. The summed E-state index contributed by atoms with van der Waals surface area (Å²) in [4.78, 5) is 17.8. The lowest BCUT2D eigenvalue weighted by molar-refractivity contribution is 0.211. The maximum Gasteiger partial charge on any atom is 0.323 e. The zero-order valence-electron chi connectivity index (χ0n) is 13.5. The third-order valence-electron chi connectivity index (χ3n) is 3.79. The topological polar surface area (TPSA) is 66.4 Å². The molecule has 0 spiro atoms. The van der Waals surface area contributed by atoms with Gasteiger partial charge in [-0.1, -0.05) is 13.8 Å². The van der Waals surface area contributed by atoms with E-state index in [2.05, 4.69) is 51.0 Å². The normalized spacial score (nSPS) is 19.6. The van der Waals surface area contributed by atoms with Crippen LogP contribution in [0.2, 0.25) is 0 Å². The first-order valence-electron chi connectivity index (χ1n) is 7.69. The van der Waals surface area contributed by atoms with Crippen LogP contribution in [0.5, 0.6) is 6.01 Å². The van der Waals surface area contributed by atoms with Crippen molar-refractivity contribution in [3.8, 4) is 6.01 Å². The Kier molecular flexibility index (Phi) is 5.55. The van der Waals surface area contributed by atoms with Crippen molar-refractivity contribution in [2.75, 3.05) is 50.6 Å². The van der Waals surface area contributed by atoms with E-state index in [0.29, 0.717) is 30.6 Å². The molecule has 1 aliphatic heterocycles. The SMILES string of the molecule is CCCOc1nc(NC)nc(N2CCN(C)C(CC)C2)n1. The van der Waals surface area contributed by atoms with E-state index in [9.17, 15) is 0 Å². The van der Waals surface area contributed by atoms with Crippen LogP contribution < -0.4 is 15.0 Å². The first kappa shape index (κ1) is 15.8. The van der Waals surface area contributed by atoms with Crippen molar-refractivity contribution in [3.63, 3.8) is 0 Å². The lowest BCUT2D eigenvalue weighted by Crippen LogP contribution is -2.51. The lowest BCUT2D eigenvalue weighted by Gasteiger charge is -2.39. The molecule has 7 heteroatoms. The van der Waals surface area contributed by atoms with Gasteiger partial charge >= 0.3 is 6.01 Å². The second kappa shape index (κ2) is 7.40. The maximum atomic E-state index is 5.56. The largest absolute Gasteiger partial charge is 0.463 e. The molecule has 118 valence electrons. The van der Waals surface area contributed by atoms with Gasteiger partial charge < -0.3 is 15.0 Å². The number of nitrogens with zero attached hydrogens (tertiary/aromatic N) is 5. The van der Waals surface area contributed by atoms with Crippen LogP contribution in [-0.2, 0) is 0 Å². The first-order chi connectivity index (χ1) is 10.2. The molecular weight excluding hydrogens is 268 g/mol. The Morgan fingerprint density at radius 2 is 2.05 bits per heavy atom. The number of nitrogens with one attached hydrogen (secondary N) is 1. The molecule has 2 rings (SSSR count). The van der Waals surface area contributed by atoms with E-state index in [1.807, 2.05) is 7.05 Å². The van der Waals surface area contributed by atoms with Gasteiger partial charge in [0.1, 0.15) is 0 Å². The average Bonchev–Trinajstić information content (AvgIpc) is 2.53. The minimum atomic E-state index is 0.401. The average molecular weight is 294 g/mol. The third kappa shape index (κ3) is 3.93. The monoisotopic (exact) mass is 294 g/mol. The minimum Gasteiger partial charge on any atom is -0.463 e. The molecule has 1 aliphatic rings. The molecule has 0 bridgehead atoms. The van der Waals surface area contributed by atoms with E-state index in [-0.39, 0.29) is 0 Å². The van der Waals surface area contributed by atoms with Gasteiger partial charge in [0.15, 0.2) is 0 Å². The number of hydrogen-bond donors (Lipinski definition) is 1. The molecule has 0 radical (unpaired) electrons. The van der Waals surface area contributed by atoms with E-state index in [0.717, 1.165) is 32.5 Å². The second-order valence-corrected chi connectivity index (χ2v) is 5.33. The fourth-order valence-electron chi connectivity index (χ4n) is 2.43. The van der Waals surface area contributed by atoms with E-state index in [1.54, 1.807) is 0 Å². The molecule has 1 atom stereocenters. The Balaban J connectivity index is 2.17. The Bertz CT molecular complexity index is 455. The van der Waals surface area contributed by atoms with Crippen molar-refractivity contribution in [2.45, 2.75) is 32.7 Å². The fraction of sp³-hybridized carbons (Fsp3) is 0.786. The summed E-state index contributed by atoms with van der Waals surface area (Å²) in [7, 11) is 3.98. The van der Waals surface area contributed by atoms with Crippen LogP contribution in [0.25, 0.3) is 0 Å². The predicted octanol–water partition coefficient (Wildman–Crippen LogP) is 1.23. The standard InChI is InChI=1S/C14H26N6O/c1-5-9-21-14-17-12(15-3)16-13(18-14)20-8-7-19(4)11(6-2)10-20/h11H,5-10H2,1-4H3,(H,15,16,17,18). The van der Waals surface area contributed by atoms with Crippen LogP contribution in [0.3, 0.4) is 0 Å². The smallest absolute Gasteiger partial charge is 0.323 e. The summed E-state index contributed by atoms with van der Waals surface area (Å²) >= 11 is 0. The molecule has 1 N–H and O–H groups in total. The summed E-state index contributed by atoms with van der Waals surface area (Å²) in [6.07, 6.45) is 2.05. The zero-order chi connectivity index (χ0) is 15.2. The van der Waals surface area contributed by atoms with Crippen LogP contribution in [0, 0.1) is 0 Å². The Hall–Kier alpha value is -1.63. The quantitative estimate of drug-likeness (QED) is 0.846. The highest BCUT2D eigenvalue weighted by Crippen LogP contribution is 2.19. The molecule has 1 aromatic heterocycles. The van der Waals surface area contributed by atoms with Crippen LogP contribution in [0.1, 0.15) is 26.7 Å². The highest BCUT2D eigenvalue weighted by Gasteiger charge is 2.25. The summed E-state index contributed by atoms with van der Waals surface area (Å²) in [5.41, 5.74) is 0. The summed E-state index contributed by atoms with van der Waals surface area (Å²) in [6, 6.07) is 0.937. The highest BCUT2D eigenvalue weighted by atomic mass is 16.5. The van der Waals surface area contributed by atoms with Crippen molar-refractivity contribution in [3.05, 3.63) is 0 Å². The van der Waals surface area contributed by atoms with Gasteiger partial charge in [-0.25, -0.2) is 0 Å². The highest BCUT2D eigenvalue weighted by molar-refractivity contribution is 5.38.